The zero-order valence-electron chi connectivity index (χ0n) is 8.43. The average Bonchev–Trinajstić information content (AvgIpc) is 2.64. The molecular weight excluding hydrogens is 259 g/mol. The van der Waals surface area contributed by atoms with E-state index in [0.29, 0.717) is 12.2 Å². The van der Waals surface area contributed by atoms with Gasteiger partial charge in [0.05, 0.1) is 12.1 Å². The lowest BCUT2D eigenvalue weighted by molar-refractivity contribution is 0.0594. The number of hydrogen-bond acceptors (Lipinski definition) is 5. The van der Waals surface area contributed by atoms with Crippen molar-refractivity contribution < 1.29 is 9.53 Å². The molecule has 0 aliphatic carbocycles. The van der Waals surface area contributed by atoms with Crippen LogP contribution in [0.15, 0.2) is 5.38 Å². The summed E-state index contributed by atoms with van der Waals surface area (Å²) in [5, 5.41) is 2.57. The molecule has 1 atom stereocenters. The van der Waals surface area contributed by atoms with Gasteiger partial charge in [-0.2, -0.15) is 0 Å². The van der Waals surface area contributed by atoms with Crippen LogP contribution in [0.1, 0.15) is 28.3 Å². The van der Waals surface area contributed by atoms with Crippen LogP contribution < -0.4 is 5.73 Å². The average molecular weight is 273 g/mol. The summed E-state index contributed by atoms with van der Waals surface area (Å²) in [5.74, 6) is -0.199. The Morgan fingerprint density at radius 1 is 1.67 bits per heavy atom. The number of carbonyl (C=O) groups excluding carboxylic acids is 1. The van der Waals surface area contributed by atoms with Gasteiger partial charge in [-0.3, -0.25) is 0 Å². The largest absolute Gasteiger partial charge is 0.464 e. The number of hydrogen-bond donors (Lipinski definition) is 1. The van der Waals surface area contributed by atoms with Crippen molar-refractivity contribution >= 4 is 42.1 Å². The molecule has 1 aromatic heterocycles. The summed E-state index contributed by atoms with van der Waals surface area (Å²) >= 11 is 1.43. The molecule has 0 spiro atoms. The maximum atomic E-state index is 11.0. The Bertz CT molecular complexity index is 307. The first-order valence-electron chi connectivity index (χ1n) is 3.92. The zero-order chi connectivity index (χ0) is 9.84. The van der Waals surface area contributed by atoms with Gasteiger partial charge in [-0.1, -0.05) is 6.92 Å². The fraction of sp³-hybridized carbons (Fsp3) is 0.500. The van der Waals surface area contributed by atoms with Gasteiger partial charge in [0.15, 0.2) is 5.69 Å². The highest BCUT2D eigenvalue weighted by atomic mass is 35.5. The number of nitrogens with zero attached hydrogens (tertiary/aromatic N) is 1. The zero-order valence-corrected chi connectivity index (χ0v) is 10.9. The van der Waals surface area contributed by atoms with Crippen LogP contribution in [0.4, 0.5) is 0 Å². The molecule has 4 nitrogen and oxygen atoms in total. The molecule has 88 valence electrons. The number of rotatable bonds is 3. The van der Waals surface area contributed by atoms with Crippen molar-refractivity contribution in [2.24, 2.45) is 5.73 Å². The molecule has 0 saturated heterocycles. The van der Waals surface area contributed by atoms with Gasteiger partial charge in [0.25, 0.3) is 0 Å². The molecule has 0 aliphatic rings. The normalized spacial score (nSPS) is 10.9. The standard InChI is InChI=1S/C8H12N2O2S.2ClH/c1-5(3-9)7-10-6(4-13-7)8(11)12-2;;/h4-5H,3,9H2,1-2H3;2*1H. The van der Waals surface area contributed by atoms with Crippen LogP contribution in [0, 0.1) is 0 Å². The minimum absolute atomic E-state index is 0. The fourth-order valence-electron chi connectivity index (χ4n) is 0.813. The molecule has 7 heteroatoms. The molecule has 1 rings (SSSR count). The smallest absolute Gasteiger partial charge is 0.357 e. The Morgan fingerprint density at radius 3 is 2.73 bits per heavy atom. The lowest BCUT2D eigenvalue weighted by Crippen LogP contribution is -2.09. The van der Waals surface area contributed by atoms with Crippen molar-refractivity contribution in [2.75, 3.05) is 13.7 Å². The Kier molecular flexibility index (Phi) is 8.95. The van der Waals surface area contributed by atoms with E-state index in [2.05, 4.69) is 9.72 Å². The van der Waals surface area contributed by atoms with Crippen LogP contribution >= 0.6 is 36.2 Å². The van der Waals surface area contributed by atoms with Gasteiger partial charge in [-0.15, -0.1) is 36.2 Å². The summed E-state index contributed by atoms with van der Waals surface area (Å²) in [6.07, 6.45) is 0. The maximum absolute atomic E-state index is 11.0. The summed E-state index contributed by atoms with van der Waals surface area (Å²) in [6, 6.07) is 0. The second-order valence-electron chi connectivity index (χ2n) is 2.70. The quantitative estimate of drug-likeness (QED) is 0.853. The third-order valence-corrected chi connectivity index (χ3v) is 2.77. The molecule has 0 radical (unpaired) electrons. The first-order chi connectivity index (χ1) is 6.19. The number of aromatic nitrogens is 1. The van der Waals surface area contributed by atoms with Crippen LogP contribution in [0.25, 0.3) is 0 Å². The monoisotopic (exact) mass is 272 g/mol. The summed E-state index contributed by atoms with van der Waals surface area (Å²) in [6.45, 7) is 2.51. The summed E-state index contributed by atoms with van der Waals surface area (Å²) in [5.41, 5.74) is 5.84. The highest BCUT2D eigenvalue weighted by Gasteiger charge is 2.13. The molecule has 15 heavy (non-hydrogen) atoms. The van der Waals surface area contributed by atoms with E-state index in [1.807, 2.05) is 6.92 Å². The molecule has 2 N–H and O–H groups in total. The second kappa shape index (κ2) is 7.87. The third-order valence-electron chi connectivity index (χ3n) is 1.69. The van der Waals surface area contributed by atoms with Gasteiger partial charge in [0.2, 0.25) is 0 Å². The first kappa shape index (κ1) is 17.0. The number of esters is 1. The van der Waals surface area contributed by atoms with E-state index in [-0.39, 0.29) is 30.7 Å². The maximum Gasteiger partial charge on any atom is 0.357 e. The first-order valence-corrected chi connectivity index (χ1v) is 4.80. The van der Waals surface area contributed by atoms with Crippen LogP contribution in [-0.2, 0) is 4.74 Å². The van der Waals surface area contributed by atoms with Crippen molar-refractivity contribution in [3.63, 3.8) is 0 Å². The van der Waals surface area contributed by atoms with E-state index in [0.717, 1.165) is 5.01 Å². The van der Waals surface area contributed by atoms with Gasteiger partial charge in [-0.25, -0.2) is 9.78 Å². The van der Waals surface area contributed by atoms with E-state index in [4.69, 9.17) is 5.73 Å². The number of halogens is 2. The van der Waals surface area contributed by atoms with Crippen LogP contribution in [0.2, 0.25) is 0 Å². The van der Waals surface area contributed by atoms with E-state index in [1.165, 1.54) is 18.4 Å². The second-order valence-corrected chi connectivity index (χ2v) is 3.59. The molecule has 1 unspecified atom stereocenters. The molecule has 0 amide bonds. The SMILES string of the molecule is COC(=O)c1csc(C(C)CN)n1.Cl.Cl. The summed E-state index contributed by atoms with van der Waals surface area (Å²) in [4.78, 5) is 15.1. The van der Waals surface area contributed by atoms with Gasteiger partial charge >= 0.3 is 5.97 Å². The molecular formula is C8H14Cl2N2O2S. The predicted molar refractivity (Wildman–Crippen MR) is 65.4 cm³/mol. The number of ether oxygens (including phenoxy) is 1. The Balaban J connectivity index is 0. The number of thiazole rings is 1. The van der Waals surface area contributed by atoms with E-state index in [9.17, 15) is 4.79 Å². The van der Waals surface area contributed by atoms with Gasteiger partial charge < -0.3 is 10.5 Å². The van der Waals surface area contributed by atoms with Gasteiger partial charge in [0, 0.05) is 17.8 Å². The topological polar surface area (TPSA) is 65.2 Å². The molecule has 0 bridgehead atoms. The molecule has 0 fully saturated rings. The number of nitrogens with two attached hydrogens (primary N) is 1. The lowest BCUT2D eigenvalue weighted by Gasteiger charge is -2.01. The highest BCUT2D eigenvalue weighted by Crippen LogP contribution is 2.19. The van der Waals surface area contributed by atoms with Crippen molar-refractivity contribution in [1.29, 1.82) is 0 Å². The predicted octanol–water partition coefficient (Wildman–Crippen LogP) is 1.84. The Morgan fingerprint density at radius 2 is 2.27 bits per heavy atom. The van der Waals surface area contributed by atoms with Gasteiger partial charge in [-0.05, 0) is 0 Å². The van der Waals surface area contributed by atoms with Crippen LogP contribution in [0.3, 0.4) is 0 Å². The summed E-state index contributed by atoms with van der Waals surface area (Å²) < 4.78 is 4.54. The molecule has 0 aliphatic heterocycles. The highest BCUT2D eigenvalue weighted by molar-refractivity contribution is 7.09. The summed E-state index contributed by atoms with van der Waals surface area (Å²) in [7, 11) is 1.34. The van der Waals surface area contributed by atoms with Crippen molar-refractivity contribution in [3.8, 4) is 0 Å². The van der Waals surface area contributed by atoms with E-state index < -0.39 is 5.97 Å². The lowest BCUT2D eigenvalue weighted by atomic mass is 10.2. The van der Waals surface area contributed by atoms with Crippen LogP contribution in [-0.4, -0.2) is 24.6 Å². The van der Waals surface area contributed by atoms with Gasteiger partial charge in [0.1, 0.15) is 0 Å². The third kappa shape index (κ3) is 4.34. The van der Waals surface area contributed by atoms with Crippen molar-refractivity contribution in [1.82, 2.24) is 4.98 Å². The van der Waals surface area contributed by atoms with E-state index >= 15 is 0 Å². The Labute approximate surface area is 105 Å². The molecule has 0 saturated carbocycles. The van der Waals surface area contributed by atoms with Crippen LogP contribution in [0.5, 0.6) is 0 Å². The molecule has 0 aromatic carbocycles. The minimum atomic E-state index is -0.397. The number of carbonyl (C=O) groups is 1. The molecule has 1 heterocycles. The van der Waals surface area contributed by atoms with Crippen molar-refractivity contribution in [2.45, 2.75) is 12.8 Å². The number of methoxy groups -OCH3 is 1. The fourth-order valence-corrected chi connectivity index (χ4v) is 1.67. The van der Waals surface area contributed by atoms with E-state index in [1.54, 1.807) is 5.38 Å². The minimum Gasteiger partial charge on any atom is -0.464 e. The van der Waals surface area contributed by atoms with Crippen molar-refractivity contribution in [3.05, 3.63) is 16.1 Å². The Hall–Kier alpha value is -0.360. The molecule has 1 aromatic rings.